The predicted octanol–water partition coefficient (Wildman–Crippen LogP) is 6.52. The van der Waals surface area contributed by atoms with Crippen molar-refractivity contribution in [1.82, 2.24) is 0 Å². The number of unbranched alkanes of at least 4 members (excludes halogenated alkanes) is 3. The molecule has 6 nitrogen and oxygen atoms in total. The average Bonchev–Trinajstić information content (AvgIpc) is 3.11. The van der Waals surface area contributed by atoms with Crippen LogP contribution in [0.5, 0.6) is 5.75 Å². The molecule has 1 N–H and O–H groups in total. The number of hydrogen-bond donors (Lipinski definition) is 1. The number of carbonyl (C=O) groups excluding carboxylic acids is 2. The van der Waals surface area contributed by atoms with Gasteiger partial charge in [0.2, 0.25) is 11.8 Å². The number of aliphatic imine (C=N–C) groups is 1. The van der Waals surface area contributed by atoms with E-state index in [-0.39, 0.29) is 23.2 Å². The highest BCUT2D eigenvalue weighted by molar-refractivity contribution is 8.15. The zero-order chi connectivity index (χ0) is 26.1. The predicted molar refractivity (Wildman–Crippen MR) is 138 cm³/mol. The molecule has 0 radical (unpaired) electrons. The van der Waals surface area contributed by atoms with Crippen molar-refractivity contribution in [1.29, 1.82) is 0 Å². The van der Waals surface area contributed by atoms with Gasteiger partial charge in [-0.3, -0.25) is 14.6 Å². The van der Waals surface area contributed by atoms with E-state index in [9.17, 15) is 22.8 Å². The Hall–Kier alpha value is -3.01. The van der Waals surface area contributed by atoms with Crippen molar-refractivity contribution in [2.24, 2.45) is 4.99 Å². The molecule has 36 heavy (non-hydrogen) atoms. The van der Waals surface area contributed by atoms with Gasteiger partial charge in [-0.15, -0.1) is 0 Å². The highest BCUT2D eigenvalue weighted by atomic mass is 32.2. The van der Waals surface area contributed by atoms with E-state index in [0.717, 1.165) is 48.1 Å². The highest BCUT2D eigenvalue weighted by Gasteiger charge is 2.41. The molecule has 0 saturated carbocycles. The van der Waals surface area contributed by atoms with Crippen LogP contribution in [0.4, 0.5) is 24.5 Å². The fourth-order valence-corrected chi connectivity index (χ4v) is 4.74. The first kappa shape index (κ1) is 27.6. The van der Waals surface area contributed by atoms with Gasteiger partial charge >= 0.3 is 6.18 Å². The van der Waals surface area contributed by atoms with Gasteiger partial charge in [0.15, 0.2) is 5.17 Å². The van der Waals surface area contributed by atoms with Crippen molar-refractivity contribution in [3.05, 3.63) is 54.1 Å². The third-order valence-electron chi connectivity index (χ3n) is 5.46. The Bertz CT molecular complexity index is 1070. The zero-order valence-electron chi connectivity index (χ0n) is 20.3. The topological polar surface area (TPSA) is 71.0 Å². The van der Waals surface area contributed by atoms with Crippen LogP contribution in [0.2, 0.25) is 0 Å². The summed E-state index contributed by atoms with van der Waals surface area (Å²) in [5.74, 6) is -0.0727. The van der Waals surface area contributed by atoms with Crippen LogP contribution in [0.15, 0.2) is 53.5 Å². The second-order valence-electron chi connectivity index (χ2n) is 8.26. The van der Waals surface area contributed by atoms with Crippen molar-refractivity contribution in [2.75, 3.05) is 23.4 Å². The minimum atomic E-state index is -4.48. The molecule has 194 valence electrons. The van der Waals surface area contributed by atoms with Gasteiger partial charge in [-0.1, -0.05) is 44.0 Å². The monoisotopic (exact) mass is 521 g/mol. The number of ether oxygens (including phenoxy) is 1. The molecule has 1 aliphatic heterocycles. The van der Waals surface area contributed by atoms with Crippen molar-refractivity contribution in [3.8, 4) is 5.75 Å². The standard InChI is InChI=1S/C26H30F3N3O3S/c1-3-5-6-7-15-35-21-13-11-20(12-14-21)32-23(33)17-22(24(32)34)36-25(30-4-2)31-19-10-8-9-18(16-19)26(27,28)29/h8-14,16,22H,3-7,15,17H2,1-2H3,(H,30,31). The molecule has 0 aromatic heterocycles. The van der Waals surface area contributed by atoms with Crippen molar-refractivity contribution in [3.63, 3.8) is 0 Å². The minimum Gasteiger partial charge on any atom is -0.494 e. The SMILES string of the molecule is CCCCCCOc1ccc(N2C(=O)CC(SC(=NCC)Nc3cccc(C(F)(F)F)c3)C2=O)cc1. The lowest BCUT2D eigenvalue weighted by Crippen LogP contribution is -2.31. The molecule has 0 spiro atoms. The van der Waals surface area contributed by atoms with Crippen LogP contribution < -0.4 is 15.0 Å². The maximum absolute atomic E-state index is 13.1. The number of alkyl halides is 3. The van der Waals surface area contributed by atoms with Crippen LogP contribution in [0.25, 0.3) is 0 Å². The molecular weight excluding hydrogens is 491 g/mol. The molecule has 2 amide bonds. The average molecular weight is 522 g/mol. The number of halogens is 3. The summed E-state index contributed by atoms with van der Waals surface area (Å²) >= 11 is 1.04. The number of nitrogens with zero attached hydrogens (tertiary/aromatic N) is 2. The number of thioether (sulfide) groups is 1. The number of carbonyl (C=O) groups is 2. The van der Waals surface area contributed by atoms with Gasteiger partial charge in [-0.2, -0.15) is 13.2 Å². The van der Waals surface area contributed by atoms with E-state index in [2.05, 4.69) is 17.2 Å². The van der Waals surface area contributed by atoms with E-state index < -0.39 is 22.9 Å². The van der Waals surface area contributed by atoms with Crippen LogP contribution in [0, 0.1) is 0 Å². The summed E-state index contributed by atoms with van der Waals surface area (Å²) in [5, 5.41) is 2.40. The molecule has 0 bridgehead atoms. The fraction of sp³-hybridized carbons (Fsp3) is 0.423. The van der Waals surface area contributed by atoms with Crippen LogP contribution in [-0.2, 0) is 15.8 Å². The Morgan fingerprint density at radius 2 is 1.86 bits per heavy atom. The van der Waals surface area contributed by atoms with E-state index in [4.69, 9.17) is 4.74 Å². The van der Waals surface area contributed by atoms with Gasteiger partial charge in [-0.25, -0.2) is 4.90 Å². The molecule has 2 aromatic rings. The van der Waals surface area contributed by atoms with Crippen LogP contribution >= 0.6 is 11.8 Å². The molecule has 1 aliphatic rings. The van der Waals surface area contributed by atoms with Crippen LogP contribution in [0.1, 0.15) is 51.5 Å². The lowest BCUT2D eigenvalue weighted by molar-refractivity contribution is -0.137. The normalized spacial score (nSPS) is 16.5. The molecule has 10 heteroatoms. The van der Waals surface area contributed by atoms with E-state index in [1.54, 1.807) is 31.2 Å². The third-order valence-corrected chi connectivity index (χ3v) is 6.57. The minimum absolute atomic E-state index is 0.0355. The first-order valence-corrected chi connectivity index (χ1v) is 12.9. The molecule has 1 atom stereocenters. The van der Waals surface area contributed by atoms with Crippen LogP contribution in [-0.4, -0.2) is 35.4 Å². The summed E-state index contributed by atoms with van der Waals surface area (Å²) in [5.41, 5.74) is -0.144. The molecule has 0 aliphatic carbocycles. The van der Waals surface area contributed by atoms with Gasteiger partial charge in [0, 0.05) is 18.7 Å². The van der Waals surface area contributed by atoms with Gasteiger partial charge in [-0.05, 0) is 55.8 Å². The summed E-state index contributed by atoms with van der Waals surface area (Å²) < 4.78 is 44.9. The maximum atomic E-state index is 13.1. The number of imide groups is 1. The van der Waals surface area contributed by atoms with Crippen molar-refractivity contribution in [2.45, 2.75) is 57.4 Å². The molecule has 2 aromatic carbocycles. The second kappa shape index (κ2) is 12.8. The van der Waals surface area contributed by atoms with E-state index >= 15 is 0 Å². The summed E-state index contributed by atoms with van der Waals surface area (Å²) in [7, 11) is 0. The molecule has 1 fully saturated rings. The number of benzene rings is 2. The Balaban J connectivity index is 1.64. The fourth-order valence-electron chi connectivity index (χ4n) is 3.66. The Morgan fingerprint density at radius 1 is 1.11 bits per heavy atom. The summed E-state index contributed by atoms with van der Waals surface area (Å²) in [6.45, 7) is 4.88. The van der Waals surface area contributed by atoms with E-state index in [1.807, 2.05) is 0 Å². The van der Waals surface area contributed by atoms with Gasteiger partial charge in [0.25, 0.3) is 0 Å². The molecule has 3 rings (SSSR count). The largest absolute Gasteiger partial charge is 0.494 e. The molecule has 1 saturated heterocycles. The van der Waals surface area contributed by atoms with Crippen LogP contribution in [0.3, 0.4) is 0 Å². The Labute approximate surface area is 213 Å². The lowest BCUT2D eigenvalue weighted by Gasteiger charge is -2.17. The molecule has 1 unspecified atom stereocenters. The molecular formula is C26H30F3N3O3S. The Kier molecular flexibility index (Phi) is 9.81. The van der Waals surface area contributed by atoms with Crippen molar-refractivity contribution >= 4 is 40.1 Å². The molecule has 1 heterocycles. The second-order valence-corrected chi connectivity index (χ2v) is 9.46. The maximum Gasteiger partial charge on any atom is 0.416 e. The number of nitrogens with one attached hydrogen (secondary N) is 1. The third kappa shape index (κ3) is 7.49. The van der Waals surface area contributed by atoms with Gasteiger partial charge < -0.3 is 10.1 Å². The lowest BCUT2D eigenvalue weighted by atomic mass is 10.2. The van der Waals surface area contributed by atoms with Crippen molar-refractivity contribution < 1.29 is 27.5 Å². The summed E-state index contributed by atoms with van der Waals surface area (Å²) in [4.78, 5) is 31.2. The van der Waals surface area contributed by atoms with Gasteiger partial charge in [0.05, 0.1) is 17.9 Å². The smallest absolute Gasteiger partial charge is 0.416 e. The number of rotatable bonds is 10. The zero-order valence-corrected chi connectivity index (χ0v) is 21.1. The number of amidine groups is 1. The van der Waals surface area contributed by atoms with Gasteiger partial charge in [0.1, 0.15) is 11.0 Å². The first-order chi connectivity index (χ1) is 17.2. The Morgan fingerprint density at radius 3 is 2.53 bits per heavy atom. The number of hydrogen-bond acceptors (Lipinski definition) is 5. The summed E-state index contributed by atoms with van der Waals surface area (Å²) in [6, 6.07) is 11.6. The summed E-state index contributed by atoms with van der Waals surface area (Å²) in [6.07, 6.45) is -0.118. The quantitative estimate of drug-likeness (QED) is 0.167. The highest BCUT2D eigenvalue weighted by Crippen LogP contribution is 2.33. The van der Waals surface area contributed by atoms with E-state index in [1.165, 1.54) is 18.6 Å². The number of anilines is 2. The van der Waals surface area contributed by atoms with E-state index in [0.29, 0.717) is 24.6 Å². The number of amides is 2. The first-order valence-electron chi connectivity index (χ1n) is 12.0.